The number of hydrogen-bond donors (Lipinski definition) is 2. The highest BCUT2D eigenvalue weighted by atomic mass is 32.2. The molecule has 0 radical (unpaired) electrons. The quantitative estimate of drug-likeness (QED) is 0.303. The van der Waals surface area contributed by atoms with Crippen molar-refractivity contribution in [1.82, 2.24) is 5.32 Å². The first-order chi connectivity index (χ1) is 10.4. The van der Waals surface area contributed by atoms with Gasteiger partial charge >= 0.3 is 5.97 Å². The number of nitro groups is 1. The van der Waals surface area contributed by atoms with Crippen LogP contribution >= 0.6 is 11.8 Å². The zero-order valence-electron chi connectivity index (χ0n) is 11.9. The monoisotopic (exact) mass is 328 g/mol. The lowest BCUT2D eigenvalue weighted by Gasteiger charge is -2.11. The second kappa shape index (κ2) is 9.00. The van der Waals surface area contributed by atoms with E-state index in [-0.39, 0.29) is 30.0 Å². The van der Waals surface area contributed by atoms with Crippen LogP contribution in [0.15, 0.2) is 29.2 Å². The van der Waals surface area contributed by atoms with E-state index in [0.29, 0.717) is 0 Å². The Morgan fingerprint density at radius 2 is 2.05 bits per heavy atom. The molecule has 9 heteroatoms. The fraction of sp³-hybridized carbons (Fsp3) is 0.385. The molecule has 0 saturated heterocycles. The van der Waals surface area contributed by atoms with Crippen molar-refractivity contribution in [2.24, 2.45) is 0 Å². The van der Waals surface area contributed by atoms with Gasteiger partial charge in [-0.3, -0.25) is 14.9 Å². The maximum atomic E-state index is 11.8. The molecular formula is C13H16N2O6S. The molecule has 1 atom stereocenters. The molecule has 1 amide bonds. The SMILES string of the molecule is CC(Sc1ccc([N+](=O)[O-])cc1)C(=O)NCCOCC(=O)O. The Morgan fingerprint density at radius 1 is 1.41 bits per heavy atom. The molecule has 1 aromatic rings. The maximum absolute atomic E-state index is 11.8. The highest BCUT2D eigenvalue weighted by Gasteiger charge is 2.14. The van der Waals surface area contributed by atoms with Crippen LogP contribution in [0.1, 0.15) is 6.92 Å². The van der Waals surface area contributed by atoms with Gasteiger partial charge < -0.3 is 15.2 Å². The molecule has 0 spiro atoms. The summed E-state index contributed by atoms with van der Waals surface area (Å²) in [6, 6.07) is 5.94. The van der Waals surface area contributed by atoms with Crippen LogP contribution in [0.3, 0.4) is 0 Å². The standard InChI is InChI=1S/C13H16N2O6S/c1-9(13(18)14-6-7-21-8-12(16)17)22-11-4-2-10(3-5-11)15(19)20/h2-5,9H,6-8H2,1H3,(H,14,18)(H,16,17). The molecule has 1 aromatic carbocycles. The van der Waals surface area contributed by atoms with Gasteiger partial charge in [-0.05, 0) is 19.1 Å². The van der Waals surface area contributed by atoms with E-state index in [9.17, 15) is 19.7 Å². The third-order valence-corrected chi connectivity index (χ3v) is 3.61. The first-order valence-corrected chi connectivity index (χ1v) is 7.26. The third-order valence-electron chi connectivity index (χ3n) is 2.50. The lowest BCUT2D eigenvalue weighted by atomic mass is 10.3. The van der Waals surface area contributed by atoms with Gasteiger partial charge in [0.1, 0.15) is 6.61 Å². The molecule has 1 unspecified atom stereocenters. The number of aliphatic carboxylic acids is 1. The van der Waals surface area contributed by atoms with E-state index < -0.39 is 17.5 Å². The van der Waals surface area contributed by atoms with Crippen molar-refractivity contribution in [2.75, 3.05) is 19.8 Å². The van der Waals surface area contributed by atoms with E-state index in [1.165, 1.54) is 23.9 Å². The summed E-state index contributed by atoms with van der Waals surface area (Å²) in [5.74, 6) is -1.28. The van der Waals surface area contributed by atoms with E-state index in [4.69, 9.17) is 9.84 Å². The van der Waals surface area contributed by atoms with E-state index >= 15 is 0 Å². The van der Waals surface area contributed by atoms with Gasteiger partial charge in [0.2, 0.25) is 5.91 Å². The molecular weight excluding hydrogens is 312 g/mol. The van der Waals surface area contributed by atoms with Gasteiger partial charge in [0.05, 0.1) is 16.8 Å². The third kappa shape index (κ3) is 6.55. The topological polar surface area (TPSA) is 119 Å². The van der Waals surface area contributed by atoms with E-state index in [1.807, 2.05) is 0 Å². The van der Waals surface area contributed by atoms with Gasteiger partial charge in [0.15, 0.2) is 0 Å². The first kappa shape index (κ1) is 17.9. The minimum atomic E-state index is -1.06. The average Bonchev–Trinajstić information content (AvgIpc) is 2.46. The molecule has 2 N–H and O–H groups in total. The zero-order valence-corrected chi connectivity index (χ0v) is 12.7. The number of benzene rings is 1. The van der Waals surface area contributed by atoms with Gasteiger partial charge in [0.25, 0.3) is 5.69 Å². The van der Waals surface area contributed by atoms with Crippen molar-refractivity contribution in [2.45, 2.75) is 17.1 Å². The molecule has 120 valence electrons. The molecule has 1 rings (SSSR count). The van der Waals surface area contributed by atoms with E-state index in [2.05, 4.69) is 5.32 Å². The Kier molecular flexibility index (Phi) is 7.33. The van der Waals surface area contributed by atoms with E-state index in [1.54, 1.807) is 19.1 Å². The number of nitrogens with one attached hydrogen (secondary N) is 1. The van der Waals surface area contributed by atoms with Crippen LogP contribution in [0.4, 0.5) is 5.69 Å². The summed E-state index contributed by atoms with van der Waals surface area (Å²) in [6.07, 6.45) is 0. The predicted octanol–water partition coefficient (Wildman–Crippen LogP) is 1.29. The van der Waals surface area contributed by atoms with Crippen LogP contribution in [0.25, 0.3) is 0 Å². The second-order valence-electron chi connectivity index (χ2n) is 4.25. The molecule has 0 fully saturated rings. The maximum Gasteiger partial charge on any atom is 0.329 e. The van der Waals surface area contributed by atoms with Gasteiger partial charge in [-0.15, -0.1) is 11.8 Å². The summed E-state index contributed by atoms with van der Waals surface area (Å²) in [5, 5.41) is 21.1. The molecule has 0 bridgehead atoms. The fourth-order valence-electron chi connectivity index (χ4n) is 1.45. The Balaban J connectivity index is 2.34. The predicted molar refractivity (Wildman–Crippen MR) is 79.9 cm³/mol. The molecule has 0 aliphatic carbocycles. The van der Waals surface area contributed by atoms with Crippen LogP contribution in [-0.4, -0.2) is 46.9 Å². The average molecular weight is 328 g/mol. The summed E-state index contributed by atoms with van der Waals surface area (Å²) in [7, 11) is 0. The smallest absolute Gasteiger partial charge is 0.329 e. The molecule has 8 nitrogen and oxygen atoms in total. The van der Waals surface area contributed by atoms with Gasteiger partial charge in [0, 0.05) is 23.6 Å². The molecule has 0 saturated carbocycles. The molecule has 0 heterocycles. The van der Waals surface area contributed by atoms with Gasteiger partial charge in [-0.25, -0.2) is 4.79 Å². The number of nitrogens with zero attached hydrogens (tertiary/aromatic N) is 1. The molecule has 0 aromatic heterocycles. The molecule has 0 aliphatic heterocycles. The van der Waals surface area contributed by atoms with Crippen molar-refractivity contribution in [3.05, 3.63) is 34.4 Å². The summed E-state index contributed by atoms with van der Waals surface area (Å²) in [4.78, 5) is 32.8. The van der Waals surface area contributed by atoms with Crippen LogP contribution in [0.2, 0.25) is 0 Å². The normalized spacial score (nSPS) is 11.7. The minimum absolute atomic E-state index is 0.00275. The number of nitro benzene ring substituents is 1. The highest BCUT2D eigenvalue weighted by Crippen LogP contribution is 2.25. The summed E-state index contributed by atoms with van der Waals surface area (Å²) in [6.45, 7) is 1.65. The lowest BCUT2D eigenvalue weighted by molar-refractivity contribution is -0.384. The second-order valence-corrected chi connectivity index (χ2v) is 5.66. The Bertz CT molecular complexity index is 534. The van der Waals surface area contributed by atoms with E-state index in [0.717, 1.165) is 4.90 Å². The van der Waals surface area contributed by atoms with Crippen molar-refractivity contribution < 1.29 is 24.4 Å². The van der Waals surface area contributed by atoms with Crippen LogP contribution < -0.4 is 5.32 Å². The number of rotatable bonds is 9. The fourth-order valence-corrected chi connectivity index (χ4v) is 2.35. The number of ether oxygens (including phenoxy) is 1. The minimum Gasteiger partial charge on any atom is -0.480 e. The summed E-state index contributed by atoms with van der Waals surface area (Å²) >= 11 is 1.27. The first-order valence-electron chi connectivity index (χ1n) is 6.38. The summed E-state index contributed by atoms with van der Waals surface area (Å²) in [5.41, 5.74) is -0.00275. The number of carbonyl (C=O) groups excluding carboxylic acids is 1. The Labute approximate surface area is 131 Å². The van der Waals surface area contributed by atoms with Crippen molar-refractivity contribution >= 4 is 29.3 Å². The largest absolute Gasteiger partial charge is 0.480 e. The van der Waals surface area contributed by atoms with Crippen molar-refractivity contribution in [3.8, 4) is 0 Å². The van der Waals surface area contributed by atoms with Gasteiger partial charge in [-0.1, -0.05) is 0 Å². The number of amides is 1. The number of carboxylic acid groups (broad SMARTS) is 1. The molecule has 22 heavy (non-hydrogen) atoms. The number of carbonyl (C=O) groups is 2. The van der Waals surface area contributed by atoms with Crippen LogP contribution in [-0.2, 0) is 14.3 Å². The molecule has 0 aliphatic rings. The number of hydrogen-bond acceptors (Lipinski definition) is 6. The van der Waals surface area contributed by atoms with Gasteiger partial charge in [-0.2, -0.15) is 0 Å². The van der Waals surface area contributed by atoms with Crippen LogP contribution in [0.5, 0.6) is 0 Å². The summed E-state index contributed by atoms with van der Waals surface area (Å²) < 4.78 is 4.79. The number of non-ortho nitro benzene ring substituents is 1. The zero-order chi connectivity index (χ0) is 16.5. The Morgan fingerprint density at radius 3 is 2.59 bits per heavy atom. The Hall–Kier alpha value is -2.13. The number of thioether (sulfide) groups is 1. The number of carboxylic acids is 1. The highest BCUT2D eigenvalue weighted by molar-refractivity contribution is 8.00. The lowest BCUT2D eigenvalue weighted by Crippen LogP contribution is -2.33. The van der Waals surface area contributed by atoms with Crippen molar-refractivity contribution in [1.29, 1.82) is 0 Å². The van der Waals surface area contributed by atoms with Crippen molar-refractivity contribution in [3.63, 3.8) is 0 Å². The van der Waals surface area contributed by atoms with Crippen LogP contribution in [0, 0.1) is 10.1 Å².